The summed E-state index contributed by atoms with van der Waals surface area (Å²) in [6, 6.07) is 3.03. The van der Waals surface area contributed by atoms with Crippen LogP contribution in [0.4, 0.5) is 4.39 Å². The summed E-state index contributed by atoms with van der Waals surface area (Å²) >= 11 is 0. The molecule has 0 unspecified atom stereocenters. The van der Waals surface area contributed by atoms with E-state index in [1.54, 1.807) is 12.3 Å². The highest BCUT2D eigenvalue weighted by Gasteiger charge is 2.24. The van der Waals surface area contributed by atoms with Gasteiger partial charge in [0.15, 0.2) is 0 Å². The van der Waals surface area contributed by atoms with Gasteiger partial charge >= 0.3 is 0 Å². The molecule has 1 rings (SSSR count). The first-order valence-electron chi connectivity index (χ1n) is 4.39. The summed E-state index contributed by atoms with van der Waals surface area (Å²) < 4.78 is 13.3. The lowest BCUT2D eigenvalue weighted by Gasteiger charge is -2.23. The zero-order valence-corrected chi connectivity index (χ0v) is 8.05. The van der Waals surface area contributed by atoms with Gasteiger partial charge in [0, 0.05) is 11.6 Å². The van der Waals surface area contributed by atoms with Crippen LogP contribution in [0.3, 0.4) is 0 Å². The first-order valence-corrected chi connectivity index (χ1v) is 4.39. The quantitative estimate of drug-likeness (QED) is 0.774. The van der Waals surface area contributed by atoms with Gasteiger partial charge in [0.2, 0.25) is 0 Å². The molecule has 0 atom stereocenters. The van der Waals surface area contributed by atoms with Crippen LogP contribution in [0.1, 0.15) is 26.0 Å². The van der Waals surface area contributed by atoms with Gasteiger partial charge in [-0.05, 0) is 25.1 Å². The van der Waals surface area contributed by atoms with Crippen molar-refractivity contribution in [2.24, 2.45) is 5.73 Å². The molecule has 0 aromatic carbocycles. The van der Waals surface area contributed by atoms with Gasteiger partial charge in [-0.25, -0.2) is 4.39 Å². The van der Waals surface area contributed by atoms with E-state index in [1.807, 2.05) is 13.8 Å². The third-order valence-electron chi connectivity index (χ3n) is 2.17. The minimum atomic E-state index is -0.278. The molecule has 0 aliphatic heterocycles. The second kappa shape index (κ2) is 3.83. The molecule has 0 aliphatic carbocycles. The molecule has 0 radical (unpaired) electrons. The van der Waals surface area contributed by atoms with Crippen molar-refractivity contribution in [3.05, 3.63) is 29.8 Å². The predicted molar refractivity (Wildman–Crippen MR) is 50.9 cm³/mol. The van der Waals surface area contributed by atoms with Crippen molar-refractivity contribution < 1.29 is 4.39 Å². The molecule has 0 amide bonds. The lowest BCUT2D eigenvalue weighted by Crippen LogP contribution is -2.24. The fraction of sp³-hybridized carbons (Fsp3) is 0.500. The Morgan fingerprint density at radius 1 is 1.54 bits per heavy atom. The first-order chi connectivity index (χ1) is 6.08. The van der Waals surface area contributed by atoms with E-state index in [2.05, 4.69) is 4.98 Å². The Hall–Kier alpha value is -0.960. The van der Waals surface area contributed by atoms with Crippen LogP contribution in [-0.4, -0.2) is 11.5 Å². The largest absolute Gasteiger partial charge is 0.330 e. The van der Waals surface area contributed by atoms with E-state index >= 15 is 0 Å². The Bertz CT molecular complexity index is 284. The van der Waals surface area contributed by atoms with Crippen LogP contribution in [0.5, 0.6) is 0 Å². The molecule has 0 saturated carbocycles. The van der Waals surface area contributed by atoms with E-state index < -0.39 is 0 Å². The first kappa shape index (κ1) is 10.1. The molecule has 3 heteroatoms. The third kappa shape index (κ3) is 2.25. The number of halogens is 1. The van der Waals surface area contributed by atoms with E-state index in [9.17, 15) is 4.39 Å². The van der Waals surface area contributed by atoms with Crippen LogP contribution in [0, 0.1) is 5.82 Å². The van der Waals surface area contributed by atoms with Crippen molar-refractivity contribution in [3.8, 4) is 0 Å². The number of nitrogens with two attached hydrogens (primary N) is 1. The number of rotatable bonds is 3. The van der Waals surface area contributed by atoms with Crippen molar-refractivity contribution in [2.75, 3.05) is 6.54 Å². The van der Waals surface area contributed by atoms with E-state index in [1.165, 1.54) is 6.07 Å². The zero-order chi connectivity index (χ0) is 9.90. The van der Waals surface area contributed by atoms with Gasteiger partial charge in [-0.15, -0.1) is 0 Å². The summed E-state index contributed by atoms with van der Waals surface area (Å²) in [7, 11) is 0. The number of hydrogen-bond donors (Lipinski definition) is 1. The SMILES string of the molecule is CC(C)(CCN)c1ncccc1F. The zero-order valence-electron chi connectivity index (χ0n) is 8.05. The van der Waals surface area contributed by atoms with Gasteiger partial charge in [0.25, 0.3) is 0 Å². The molecular formula is C10H15FN2. The monoisotopic (exact) mass is 182 g/mol. The normalized spacial score (nSPS) is 11.7. The average molecular weight is 182 g/mol. The minimum absolute atomic E-state index is 0.249. The summed E-state index contributed by atoms with van der Waals surface area (Å²) in [5.74, 6) is -0.249. The van der Waals surface area contributed by atoms with E-state index in [0.717, 1.165) is 6.42 Å². The second-order valence-corrected chi connectivity index (χ2v) is 3.76. The smallest absolute Gasteiger partial charge is 0.145 e. The van der Waals surface area contributed by atoms with E-state index in [0.29, 0.717) is 12.2 Å². The molecule has 0 saturated heterocycles. The molecule has 13 heavy (non-hydrogen) atoms. The van der Waals surface area contributed by atoms with Gasteiger partial charge in [0.05, 0.1) is 5.69 Å². The number of aromatic nitrogens is 1. The molecule has 72 valence electrons. The average Bonchev–Trinajstić information content (AvgIpc) is 2.04. The van der Waals surface area contributed by atoms with Gasteiger partial charge in [0.1, 0.15) is 5.82 Å². The summed E-state index contributed by atoms with van der Waals surface area (Å²) in [6.45, 7) is 4.44. The van der Waals surface area contributed by atoms with Crippen LogP contribution < -0.4 is 5.73 Å². The molecule has 2 N–H and O–H groups in total. The van der Waals surface area contributed by atoms with Gasteiger partial charge in [-0.1, -0.05) is 13.8 Å². The summed E-state index contributed by atoms with van der Waals surface area (Å²) in [6.07, 6.45) is 2.34. The highest BCUT2D eigenvalue weighted by molar-refractivity contribution is 5.16. The van der Waals surface area contributed by atoms with Crippen molar-refractivity contribution in [3.63, 3.8) is 0 Å². The van der Waals surface area contributed by atoms with E-state index in [-0.39, 0.29) is 11.2 Å². The standard InChI is InChI=1S/C10H15FN2/c1-10(2,5-6-12)9-8(11)4-3-7-13-9/h3-4,7H,5-6,12H2,1-2H3. The number of pyridine rings is 1. The van der Waals surface area contributed by atoms with E-state index in [4.69, 9.17) is 5.73 Å². The Balaban J connectivity index is 2.99. The minimum Gasteiger partial charge on any atom is -0.330 e. The Morgan fingerprint density at radius 3 is 2.77 bits per heavy atom. The molecule has 0 aliphatic rings. The van der Waals surface area contributed by atoms with Gasteiger partial charge in [-0.2, -0.15) is 0 Å². The number of hydrogen-bond acceptors (Lipinski definition) is 2. The number of nitrogens with zero attached hydrogens (tertiary/aromatic N) is 1. The molecule has 1 aromatic heterocycles. The van der Waals surface area contributed by atoms with Crippen molar-refractivity contribution in [2.45, 2.75) is 25.7 Å². The summed E-state index contributed by atoms with van der Waals surface area (Å²) in [5, 5.41) is 0. The highest BCUT2D eigenvalue weighted by Crippen LogP contribution is 2.26. The maximum Gasteiger partial charge on any atom is 0.145 e. The predicted octanol–water partition coefficient (Wildman–Crippen LogP) is 1.85. The van der Waals surface area contributed by atoms with Crippen LogP contribution >= 0.6 is 0 Å². The third-order valence-corrected chi connectivity index (χ3v) is 2.17. The topological polar surface area (TPSA) is 38.9 Å². The van der Waals surface area contributed by atoms with Gasteiger partial charge < -0.3 is 5.73 Å². The van der Waals surface area contributed by atoms with Crippen molar-refractivity contribution in [1.29, 1.82) is 0 Å². The molecule has 0 fully saturated rings. The van der Waals surface area contributed by atoms with Crippen molar-refractivity contribution in [1.82, 2.24) is 4.98 Å². The fourth-order valence-corrected chi connectivity index (χ4v) is 1.36. The summed E-state index contributed by atoms with van der Waals surface area (Å²) in [5.41, 5.74) is 5.67. The van der Waals surface area contributed by atoms with Crippen LogP contribution in [0.15, 0.2) is 18.3 Å². The van der Waals surface area contributed by atoms with Crippen LogP contribution in [-0.2, 0) is 5.41 Å². The Labute approximate surface area is 78.0 Å². The van der Waals surface area contributed by atoms with Gasteiger partial charge in [-0.3, -0.25) is 4.98 Å². The lowest BCUT2D eigenvalue weighted by atomic mass is 9.85. The Morgan fingerprint density at radius 2 is 2.23 bits per heavy atom. The summed E-state index contributed by atoms with van der Waals surface area (Å²) in [4.78, 5) is 4.04. The van der Waals surface area contributed by atoms with Crippen LogP contribution in [0.2, 0.25) is 0 Å². The molecule has 0 bridgehead atoms. The van der Waals surface area contributed by atoms with Crippen LogP contribution in [0.25, 0.3) is 0 Å². The lowest BCUT2D eigenvalue weighted by molar-refractivity contribution is 0.440. The molecule has 1 aromatic rings. The Kier molecular flexibility index (Phi) is 2.98. The molecule has 0 spiro atoms. The maximum absolute atomic E-state index is 13.3. The highest BCUT2D eigenvalue weighted by atomic mass is 19.1. The molecule has 1 heterocycles. The second-order valence-electron chi connectivity index (χ2n) is 3.76. The van der Waals surface area contributed by atoms with Crippen molar-refractivity contribution >= 4 is 0 Å². The molecular weight excluding hydrogens is 167 g/mol. The maximum atomic E-state index is 13.3. The fourth-order valence-electron chi connectivity index (χ4n) is 1.36. The molecule has 2 nitrogen and oxygen atoms in total.